The van der Waals surface area contributed by atoms with E-state index in [2.05, 4.69) is 10.6 Å². The lowest BCUT2D eigenvalue weighted by Crippen LogP contribution is -2.37. The smallest absolute Gasteiger partial charge is 0.228 e. The molecular weight excluding hydrogens is 243 g/mol. The molecule has 1 aromatic carbocycles. The molecular formula is C12H14ClFN2O. The van der Waals surface area contributed by atoms with Crippen molar-refractivity contribution in [1.82, 2.24) is 5.32 Å². The molecule has 1 fully saturated rings. The first kappa shape index (κ1) is 12.3. The van der Waals surface area contributed by atoms with Gasteiger partial charge in [0.15, 0.2) is 0 Å². The Labute approximate surface area is 104 Å². The summed E-state index contributed by atoms with van der Waals surface area (Å²) < 4.78 is 13.0. The summed E-state index contributed by atoms with van der Waals surface area (Å²) in [5.74, 6) is -0.584. The second-order valence-electron chi connectivity index (χ2n) is 4.16. The van der Waals surface area contributed by atoms with Crippen molar-refractivity contribution >= 4 is 23.2 Å². The number of anilines is 1. The van der Waals surface area contributed by atoms with E-state index in [1.54, 1.807) is 0 Å². The van der Waals surface area contributed by atoms with Crippen LogP contribution in [0.15, 0.2) is 18.2 Å². The van der Waals surface area contributed by atoms with Crippen molar-refractivity contribution in [2.24, 2.45) is 5.92 Å². The van der Waals surface area contributed by atoms with Gasteiger partial charge in [0.25, 0.3) is 0 Å². The number of benzene rings is 1. The molecule has 0 aliphatic carbocycles. The van der Waals surface area contributed by atoms with Gasteiger partial charge in [-0.15, -0.1) is 0 Å². The highest BCUT2D eigenvalue weighted by Gasteiger charge is 2.21. The van der Waals surface area contributed by atoms with Crippen molar-refractivity contribution in [3.63, 3.8) is 0 Å². The average molecular weight is 257 g/mol. The third-order valence-electron chi connectivity index (χ3n) is 2.85. The lowest BCUT2D eigenvalue weighted by atomic mass is 9.99. The van der Waals surface area contributed by atoms with Gasteiger partial charge in [0.05, 0.1) is 16.6 Å². The van der Waals surface area contributed by atoms with E-state index in [4.69, 9.17) is 11.6 Å². The number of hydrogen-bond acceptors (Lipinski definition) is 2. The molecule has 0 unspecified atom stereocenters. The monoisotopic (exact) mass is 256 g/mol. The fraction of sp³-hybridized carbons (Fsp3) is 0.417. The van der Waals surface area contributed by atoms with Crippen LogP contribution in [-0.2, 0) is 4.79 Å². The summed E-state index contributed by atoms with van der Waals surface area (Å²) >= 11 is 5.88. The highest BCUT2D eigenvalue weighted by atomic mass is 35.5. The molecule has 1 saturated heterocycles. The highest BCUT2D eigenvalue weighted by molar-refractivity contribution is 6.33. The number of carbonyl (C=O) groups is 1. The van der Waals surface area contributed by atoms with Crippen molar-refractivity contribution in [2.45, 2.75) is 12.8 Å². The topological polar surface area (TPSA) is 41.1 Å². The predicted molar refractivity (Wildman–Crippen MR) is 65.6 cm³/mol. The van der Waals surface area contributed by atoms with Gasteiger partial charge in [0.2, 0.25) is 5.91 Å². The van der Waals surface area contributed by atoms with Crippen LogP contribution in [0.4, 0.5) is 10.1 Å². The average Bonchev–Trinajstić information content (AvgIpc) is 2.35. The van der Waals surface area contributed by atoms with Crippen molar-refractivity contribution < 1.29 is 9.18 Å². The van der Waals surface area contributed by atoms with Crippen molar-refractivity contribution in [2.75, 3.05) is 18.4 Å². The van der Waals surface area contributed by atoms with Crippen molar-refractivity contribution in [3.05, 3.63) is 29.0 Å². The predicted octanol–water partition coefficient (Wildman–Crippen LogP) is 2.42. The molecule has 92 valence electrons. The second kappa shape index (κ2) is 5.47. The van der Waals surface area contributed by atoms with Gasteiger partial charge in [-0.2, -0.15) is 0 Å². The van der Waals surface area contributed by atoms with Gasteiger partial charge in [-0.3, -0.25) is 4.79 Å². The summed E-state index contributed by atoms with van der Waals surface area (Å²) in [7, 11) is 0. The van der Waals surface area contributed by atoms with Gasteiger partial charge in [-0.1, -0.05) is 11.6 Å². The Balaban J connectivity index is 2.04. The molecule has 0 spiro atoms. The second-order valence-corrected chi connectivity index (χ2v) is 4.56. The lowest BCUT2D eigenvalue weighted by Gasteiger charge is -2.22. The molecule has 3 nitrogen and oxygen atoms in total. The van der Waals surface area contributed by atoms with Crippen LogP contribution in [0.25, 0.3) is 0 Å². The molecule has 0 aromatic heterocycles. The number of piperidine rings is 1. The summed E-state index contributed by atoms with van der Waals surface area (Å²) in [5, 5.41) is 6.18. The third kappa shape index (κ3) is 3.17. The normalized spacial score (nSPS) is 20.0. The van der Waals surface area contributed by atoms with Gasteiger partial charge in [-0.05, 0) is 37.6 Å². The first-order valence-electron chi connectivity index (χ1n) is 5.63. The molecule has 17 heavy (non-hydrogen) atoms. The van der Waals surface area contributed by atoms with Crippen LogP contribution in [0, 0.1) is 11.7 Å². The molecule has 0 saturated carbocycles. The number of rotatable bonds is 2. The van der Waals surface area contributed by atoms with E-state index in [0.717, 1.165) is 19.4 Å². The van der Waals surface area contributed by atoms with Crippen LogP contribution in [0.5, 0.6) is 0 Å². The van der Waals surface area contributed by atoms with Crippen LogP contribution in [-0.4, -0.2) is 19.0 Å². The Bertz CT molecular complexity index is 419. The Morgan fingerprint density at radius 2 is 2.35 bits per heavy atom. The zero-order chi connectivity index (χ0) is 12.3. The molecule has 1 aromatic rings. The standard InChI is InChI=1S/C12H14ClFN2O/c13-10-4-3-9(14)6-11(10)16-12(17)8-2-1-5-15-7-8/h3-4,6,8,15H,1-2,5,7H2,(H,16,17)/t8-/m0/s1. The fourth-order valence-corrected chi connectivity index (χ4v) is 2.07. The van der Waals surface area contributed by atoms with E-state index in [-0.39, 0.29) is 11.8 Å². The number of carbonyl (C=O) groups excluding carboxylic acids is 1. The molecule has 1 heterocycles. The van der Waals surface area contributed by atoms with Crippen LogP contribution in [0.1, 0.15) is 12.8 Å². The van der Waals surface area contributed by atoms with Crippen molar-refractivity contribution in [1.29, 1.82) is 0 Å². The number of amides is 1. The summed E-state index contributed by atoms with van der Waals surface area (Å²) in [6.45, 7) is 1.61. The minimum absolute atomic E-state index is 0.0666. The minimum Gasteiger partial charge on any atom is -0.324 e. The van der Waals surface area contributed by atoms with E-state index >= 15 is 0 Å². The van der Waals surface area contributed by atoms with Crippen LogP contribution in [0.2, 0.25) is 5.02 Å². The quantitative estimate of drug-likeness (QED) is 0.853. The van der Waals surface area contributed by atoms with Gasteiger partial charge < -0.3 is 10.6 Å². The first-order valence-corrected chi connectivity index (χ1v) is 6.01. The Morgan fingerprint density at radius 3 is 3.06 bits per heavy atom. The SMILES string of the molecule is O=C(Nc1cc(F)ccc1Cl)[C@H]1CCCNC1. The van der Waals surface area contributed by atoms with Gasteiger partial charge in [-0.25, -0.2) is 4.39 Å². The molecule has 5 heteroatoms. The van der Waals surface area contributed by atoms with Crippen LogP contribution in [0.3, 0.4) is 0 Å². The maximum atomic E-state index is 13.0. The summed E-state index contributed by atoms with van der Waals surface area (Å²) in [4.78, 5) is 11.9. The van der Waals surface area contributed by atoms with E-state index in [0.29, 0.717) is 17.3 Å². The van der Waals surface area contributed by atoms with Crippen LogP contribution < -0.4 is 10.6 Å². The number of nitrogens with one attached hydrogen (secondary N) is 2. The molecule has 1 aliphatic heterocycles. The summed E-state index contributed by atoms with van der Waals surface area (Å²) in [6.07, 6.45) is 1.83. The molecule has 1 aliphatic rings. The Morgan fingerprint density at radius 1 is 1.53 bits per heavy atom. The summed E-state index contributed by atoms with van der Waals surface area (Å²) in [6, 6.07) is 3.93. The van der Waals surface area contributed by atoms with E-state index in [1.165, 1.54) is 18.2 Å². The van der Waals surface area contributed by atoms with E-state index < -0.39 is 5.82 Å². The Hall–Kier alpha value is -1.13. The zero-order valence-corrected chi connectivity index (χ0v) is 10.1. The van der Waals surface area contributed by atoms with Crippen LogP contribution >= 0.6 is 11.6 Å². The maximum Gasteiger partial charge on any atom is 0.228 e. The number of halogens is 2. The molecule has 0 radical (unpaired) electrons. The molecule has 0 bridgehead atoms. The minimum atomic E-state index is -0.411. The van der Waals surface area contributed by atoms with Gasteiger partial charge in [0, 0.05) is 6.54 Å². The Kier molecular flexibility index (Phi) is 3.97. The maximum absolute atomic E-state index is 13.0. The van der Waals surface area contributed by atoms with E-state index in [1.807, 2.05) is 0 Å². The lowest BCUT2D eigenvalue weighted by molar-refractivity contribution is -0.120. The zero-order valence-electron chi connectivity index (χ0n) is 9.30. The fourth-order valence-electron chi connectivity index (χ4n) is 1.90. The number of hydrogen-bond donors (Lipinski definition) is 2. The molecule has 1 atom stereocenters. The van der Waals surface area contributed by atoms with Gasteiger partial charge >= 0.3 is 0 Å². The molecule has 1 amide bonds. The summed E-state index contributed by atoms with van der Waals surface area (Å²) in [5.41, 5.74) is 0.335. The van der Waals surface area contributed by atoms with Gasteiger partial charge in [0.1, 0.15) is 5.82 Å². The van der Waals surface area contributed by atoms with E-state index in [9.17, 15) is 9.18 Å². The highest BCUT2D eigenvalue weighted by Crippen LogP contribution is 2.23. The third-order valence-corrected chi connectivity index (χ3v) is 3.18. The first-order chi connectivity index (χ1) is 8.16. The molecule has 2 N–H and O–H groups in total. The largest absolute Gasteiger partial charge is 0.324 e. The molecule has 2 rings (SSSR count). The van der Waals surface area contributed by atoms with Crippen molar-refractivity contribution in [3.8, 4) is 0 Å².